The number of hydrogen-bond acceptors (Lipinski definition) is 6. The molecular weight excluding hydrogens is 360 g/mol. The highest BCUT2D eigenvalue weighted by molar-refractivity contribution is 5.85. The SMILES string of the molecule is COC(=O)[C@@]12O[C@@H]1C[C@@H]1[C@](C)(CCC[C@@]1(C)C(=O)OC)[C@H]2CCC(=O)C(C)C. The van der Waals surface area contributed by atoms with Crippen molar-refractivity contribution >= 4 is 17.7 Å². The van der Waals surface area contributed by atoms with Gasteiger partial charge in [0, 0.05) is 18.3 Å². The van der Waals surface area contributed by atoms with Crippen molar-refractivity contribution in [3.63, 3.8) is 0 Å². The van der Waals surface area contributed by atoms with Gasteiger partial charge < -0.3 is 14.2 Å². The van der Waals surface area contributed by atoms with Crippen LogP contribution in [0.2, 0.25) is 0 Å². The van der Waals surface area contributed by atoms with Gasteiger partial charge in [-0.25, -0.2) is 4.79 Å². The number of carbonyl (C=O) groups is 3. The number of esters is 2. The Kier molecular flexibility index (Phi) is 5.41. The van der Waals surface area contributed by atoms with E-state index in [2.05, 4.69) is 6.92 Å². The van der Waals surface area contributed by atoms with Crippen molar-refractivity contribution < 1.29 is 28.6 Å². The van der Waals surface area contributed by atoms with Gasteiger partial charge in [0.15, 0.2) is 5.60 Å². The van der Waals surface area contributed by atoms with Crippen LogP contribution in [-0.2, 0) is 28.6 Å². The summed E-state index contributed by atoms with van der Waals surface area (Å²) in [5, 5.41) is 0. The van der Waals surface area contributed by atoms with Gasteiger partial charge >= 0.3 is 11.9 Å². The Morgan fingerprint density at radius 2 is 1.71 bits per heavy atom. The van der Waals surface area contributed by atoms with Crippen LogP contribution >= 0.6 is 0 Å². The molecular formula is C22H34O6. The molecule has 3 aliphatic rings. The Bertz CT molecular complexity index is 672. The highest BCUT2D eigenvalue weighted by Crippen LogP contribution is 2.69. The molecule has 28 heavy (non-hydrogen) atoms. The van der Waals surface area contributed by atoms with Crippen molar-refractivity contribution in [3.05, 3.63) is 0 Å². The predicted octanol–water partition coefficient (Wildman–Crippen LogP) is 3.31. The van der Waals surface area contributed by atoms with Crippen LogP contribution in [0, 0.1) is 28.6 Å². The van der Waals surface area contributed by atoms with Gasteiger partial charge in [-0.15, -0.1) is 0 Å². The van der Waals surface area contributed by atoms with E-state index in [-0.39, 0.29) is 47.0 Å². The van der Waals surface area contributed by atoms with Crippen molar-refractivity contribution in [1.82, 2.24) is 0 Å². The average Bonchev–Trinajstić information content (AvgIpc) is 3.39. The summed E-state index contributed by atoms with van der Waals surface area (Å²) in [6.07, 6.45) is 3.94. The number of hydrogen-bond donors (Lipinski definition) is 0. The van der Waals surface area contributed by atoms with Gasteiger partial charge in [-0.3, -0.25) is 9.59 Å². The summed E-state index contributed by atoms with van der Waals surface area (Å²) in [7, 11) is 2.83. The van der Waals surface area contributed by atoms with Gasteiger partial charge in [-0.05, 0) is 43.9 Å². The maximum absolute atomic E-state index is 12.8. The molecule has 2 saturated carbocycles. The zero-order chi connectivity index (χ0) is 20.9. The predicted molar refractivity (Wildman–Crippen MR) is 102 cm³/mol. The minimum absolute atomic E-state index is 0.0381. The largest absolute Gasteiger partial charge is 0.469 e. The second-order valence-electron chi connectivity index (χ2n) is 9.66. The molecule has 0 aromatic heterocycles. The van der Waals surface area contributed by atoms with Crippen molar-refractivity contribution in [2.75, 3.05) is 14.2 Å². The molecule has 6 nitrogen and oxygen atoms in total. The lowest BCUT2D eigenvalue weighted by Gasteiger charge is -2.57. The first-order chi connectivity index (χ1) is 13.1. The zero-order valence-electron chi connectivity index (χ0n) is 18.0. The molecule has 3 rings (SSSR count). The van der Waals surface area contributed by atoms with Gasteiger partial charge in [-0.1, -0.05) is 27.2 Å². The summed E-state index contributed by atoms with van der Waals surface area (Å²) in [6, 6.07) is 0. The Labute approximate surface area is 167 Å². The van der Waals surface area contributed by atoms with Crippen LogP contribution in [0.4, 0.5) is 0 Å². The van der Waals surface area contributed by atoms with Gasteiger partial charge in [-0.2, -0.15) is 0 Å². The molecule has 6 heteroatoms. The van der Waals surface area contributed by atoms with Gasteiger partial charge in [0.2, 0.25) is 0 Å². The second kappa shape index (κ2) is 7.12. The molecule has 0 radical (unpaired) electrons. The monoisotopic (exact) mass is 394 g/mol. The molecule has 0 N–H and O–H groups in total. The molecule has 0 spiro atoms. The fourth-order valence-electron chi connectivity index (χ4n) is 6.37. The van der Waals surface area contributed by atoms with Crippen LogP contribution < -0.4 is 0 Å². The summed E-state index contributed by atoms with van der Waals surface area (Å²) < 4.78 is 16.3. The van der Waals surface area contributed by atoms with Crippen LogP contribution in [0.1, 0.15) is 66.2 Å². The van der Waals surface area contributed by atoms with Crippen molar-refractivity contribution in [3.8, 4) is 0 Å². The fraction of sp³-hybridized carbons (Fsp3) is 0.864. The van der Waals surface area contributed by atoms with Crippen LogP contribution in [0.25, 0.3) is 0 Å². The molecule has 0 bridgehead atoms. The van der Waals surface area contributed by atoms with Crippen molar-refractivity contribution in [1.29, 1.82) is 0 Å². The maximum atomic E-state index is 12.8. The Morgan fingerprint density at radius 1 is 1.07 bits per heavy atom. The molecule has 0 aromatic rings. The molecule has 1 saturated heterocycles. The third-order valence-corrected chi connectivity index (χ3v) is 7.98. The summed E-state index contributed by atoms with van der Waals surface area (Å²) in [6.45, 7) is 7.96. The number of ether oxygens (including phenoxy) is 3. The number of rotatable bonds is 6. The summed E-state index contributed by atoms with van der Waals surface area (Å²) in [5.41, 5.74) is -1.86. The molecule has 2 aliphatic carbocycles. The van der Waals surface area contributed by atoms with Crippen LogP contribution in [0.5, 0.6) is 0 Å². The summed E-state index contributed by atoms with van der Waals surface area (Å²) in [4.78, 5) is 37.9. The van der Waals surface area contributed by atoms with E-state index >= 15 is 0 Å². The Morgan fingerprint density at radius 3 is 2.29 bits per heavy atom. The van der Waals surface area contributed by atoms with E-state index in [1.807, 2.05) is 20.8 Å². The minimum atomic E-state index is -0.967. The molecule has 6 atom stereocenters. The third kappa shape index (κ3) is 2.90. The number of carbonyl (C=O) groups excluding carboxylic acids is 3. The number of Topliss-reactive ketones (excluding diaryl/α,β-unsaturated/α-hetero) is 1. The lowest BCUT2D eigenvalue weighted by molar-refractivity contribution is -0.175. The minimum Gasteiger partial charge on any atom is -0.469 e. The van der Waals surface area contributed by atoms with Gasteiger partial charge in [0.05, 0.1) is 25.7 Å². The number of epoxide rings is 1. The lowest BCUT2D eigenvalue weighted by Crippen LogP contribution is -2.59. The van der Waals surface area contributed by atoms with E-state index in [4.69, 9.17) is 14.2 Å². The maximum Gasteiger partial charge on any atom is 0.341 e. The molecule has 1 aliphatic heterocycles. The van der Waals surface area contributed by atoms with Crippen LogP contribution in [0.3, 0.4) is 0 Å². The van der Waals surface area contributed by atoms with Crippen molar-refractivity contribution in [2.45, 2.75) is 77.9 Å². The van der Waals surface area contributed by atoms with E-state index in [1.54, 1.807) is 0 Å². The summed E-state index contributed by atoms with van der Waals surface area (Å²) in [5.74, 6) is -0.483. The zero-order valence-corrected chi connectivity index (χ0v) is 18.0. The molecule has 158 valence electrons. The average molecular weight is 395 g/mol. The lowest BCUT2D eigenvalue weighted by atomic mass is 9.45. The quantitative estimate of drug-likeness (QED) is 0.508. The smallest absolute Gasteiger partial charge is 0.341 e. The second-order valence-corrected chi connectivity index (χ2v) is 9.66. The van der Waals surface area contributed by atoms with E-state index < -0.39 is 11.0 Å². The molecule has 0 amide bonds. The van der Waals surface area contributed by atoms with E-state index in [0.29, 0.717) is 19.3 Å². The van der Waals surface area contributed by atoms with Gasteiger partial charge in [0.1, 0.15) is 5.78 Å². The number of ketones is 1. The van der Waals surface area contributed by atoms with Gasteiger partial charge in [0.25, 0.3) is 0 Å². The molecule has 3 fully saturated rings. The van der Waals surface area contributed by atoms with Crippen LogP contribution in [-0.4, -0.2) is 43.6 Å². The first-order valence-electron chi connectivity index (χ1n) is 10.4. The summed E-state index contributed by atoms with van der Waals surface area (Å²) >= 11 is 0. The number of methoxy groups -OCH3 is 2. The fourth-order valence-corrected chi connectivity index (χ4v) is 6.37. The van der Waals surface area contributed by atoms with E-state index in [0.717, 1.165) is 19.3 Å². The molecule has 1 heterocycles. The third-order valence-electron chi connectivity index (χ3n) is 7.98. The van der Waals surface area contributed by atoms with Crippen molar-refractivity contribution in [2.24, 2.45) is 28.6 Å². The standard InChI is InChI=1S/C22H34O6/c1-13(2)14(23)8-9-15-20(3)10-7-11-21(4,18(24)26-5)16(20)12-17-22(15,28-17)19(25)27-6/h13,15-17H,7-12H2,1-6H3/t15-,16-,17-,20-,21-,22+/m1/s1. The Hall–Kier alpha value is -1.43. The van der Waals surface area contributed by atoms with E-state index in [9.17, 15) is 14.4 Å². The highest BCUT2D eigenvalue weighted by atomic mass is 16.7. The van der Waals surface area contributed by atoms with Crippen LogP contribution in [0.15, 0.2) is 0 Å². The van der Waals surface area contributed by atoms with E-state index in [1.165, 1.54) is 14.2 Å². The Balaban J connectivity index is 1.99. The molecule has 0 aromatic carbocycles. The first-order valence-corrected chi connectivity index (χ1v) is 10.4. The topological polar surface area (TPSA) is 82.2 Å². The molecule has 0 unspecified atom stereocenters. The normalized spacial score (nSPS) is 41.6. The number of fused-ring (bicyclic) bond motifs is 2. The first kappa shape index (κ1) is 21.3. The highest BCUT2D eigenvalue weighted by Gasteiger charge is 2.77.